The minimum absolute atomic E-state index is 0.351. The second-order valence-corrected chi connectivity index (χ2v) is 3.83. The zero-order valence-electron chi connectivity index (χ0n) is 11.4. The number of esters is 1. The van der Waals surface area contributed by atoms with Crippen molar-refractivity contribution in [2.24, 2.45) is 0 Å². The van der Waals surface area contributed by atoms with Gasteiger partial charge in [-0.3, -0.25) is 0 Å². The van der Waals surface area contributed by atoms with E-state index in [1.165, 1.54) is 20.0 Å². The van der Waals surface area contributed by atoms with Crippen LogP contribution in [0, 0.1) is 0 Å². The molecular formula is C14H21NO3. The standard InChI is InChI=1S/C12H15NO3.C2H6/c1-15-11-7-8(12(14)16-2)3-6-10(11)13-9-4-5-9;1-2/h3,6-7,9,13H,4-5H2,1-2H3;1-2H3. The summed E-state index contributed by atoms with van der Waals surface area (Å²) in [7, 11) is 2.96. The second-order valence-electron chi connectivity index (χ2n) is 3.83. The van der Waals surface area contributed by atoms with E-state index in [9.17, 15) is 4.79 Å². The van der Waals surface area contributed by atoms with Crippen LogP contribution in [-0.2, 0) is 4.74 Å². The predicted octanol–water partition coefficient (Wildman–Crippen LogP) is 3.08. The van der Waals surface area contributed by atoms with E-state index in [-0.39, 0.29) is 5.97 Å². The van der Waals surface area contributed by atoms with E-state index in [4.69, 9.17) is 4.74 Å². The SMILES string of the molecule is CC.COC(=O)c1ccc(NC2CC2)c(OC)c1. The smallest absolute Gasteiger partial charge is 0.337 e. The molecule has 0 spiro atoms. The Balaban J connectivity index is 0.000000771. The van der Waals surface area contributed by atoms with Gasteiger partial charge in [-0.2, -0.15) is 0 Å². The average molecular weight is 251 g/mol. The molecular weight excluding hydrogens is 230 g/mol. The number of carbonyl (C=O) groups is 1. The monoisotopic (exact) mass is 251 g/mol. The van der Waals surface area contributed by atoms with Gasteiger partial charge in [-0.05, 0) is 31.0 Å². The normalized spacial score (nSPS) is 13.1. The Morgan fingerprint density at radius 1 is 1.28 bits per heavy atom. The number of rotatable bonds is 4. The van der Waals surface area contributed by atoms with Gasteiger partial charge in [0.2, 0.25) is 0 Å². The van der Waals surface area contributed by atoms with E-state index in [0.717, 1.165) is 5.69 Å². The number of hydrogen-bond acceptors (Lipinski definition) is 4. The Labute approximate surface area is 108 Å². The Hall–Kier alpha value is -1.71. The first-order chi connectivity index (χ1) is 8.74. The minimum atomic E-state index is -0.351. The van der Waals surface area contributed by atoms with E-state index >= 15 is 0 Å². The summed E-state index contributed by atoms with van der Waals surface area (Å²) < 4.78 is 9.89. The van der Waals surface area contributed by atoms with Gasteiger partial charge in [0, 0.05) is 6.04 Å². The van der Waals surface area contributed by atoms with Crippen molar-refractivity contribution in [3.05, 3.63) is 23.8 Å². The van der Waals surface area contributed by atoms with Crippen molar-refractivity contribution in [1.82, 2.24) is 0 Å². The second kappa shape index (κ2) is 6.89. The van der Waals surface area contributed by atoms with Crippen molar-refractivity contribution in [1.29, 1.82) is 0 Å². The highest BCUT2D eigenvalue weighted by Crippen LogP contribution is 2.31. The quantitative estimate of drug-likeness (QED) is 0.835. The van der Waals surface area contributed by atoms with Crippen LogP contribution >= 0.6 is 0 Å². The first kappa shape index (κ1) is 14.4. The fourth-order valence-corrected chi connectivity index (χ4v) is 1.50. The lowest BCUT2D eigenvalue weighted by Gasteiger charge is -2.11. The molecule has 1 aliphatic carbocycles. The number of nitrogens with one attached hydrogen (secondary N) is 1. The summed E-state index contributed by atoms with van der Waals surface area (Å²) in [4.78, 5) is 11.3. The first-order valence-corrected chi connectivity index (χ1v) is 6.27. The molecule has 4 heteroatoms. The molecule has 0 radical (unpaired) electrons. The Bertz CT molecular complexity index is 400. The zero-order valence-corrected chi connectivity index (χ0v) is 11.4. The molecule has 0 heterocycles. The summed E-state index contributed by atoms with van der Waals surface area (Å²) in [5.41, 5.74) is 1.43. The molecule has 1 aromatic rings. The average Bonchev–Trinajstić information content (AvgIpc) is 3.24. The molecule has 0 atom stereocenters. The van der Waals surface area contributed by atoms with E-state index in [2.05, 4.69) is 10.1 Å². The lowest BCUT2D eigenvalue weighted by Crippen LogP contribution is -2.05. The van der Waals surface area contributed by atoms with E-state index in [0.29, 0.717) is 17.4 Å². The highest BCUT2D eigenvalue weighted by atomic mass is 16.5. The van der Waals surface area contributed by atoms with Crippen LogP contribution in [0.3, 0.4) is 0 Å². The van der Waals surface area contributed by atoms with Gasteiger partial charge in [0.25, 0.3) is 0 Å². The van der Waals surface area contributed by atoms with Crippen molar-refractivity contribution in [3.63, 3.8) is 0 Å². The Kier molecular flexibility index (Phi) is 5.49. The molecule has 0 amide bonds. The van der Waals surface area contributed by atoms with Crippen LogP contribution in [0.2, 0.25) is 0 Å². The first-order valence-electron chi connectivity index (χ1n) is 6.27. The highest BCUT2D eigenvalue weighted by Gasteiger charge is 2.22. The third kappa shape index (κ3) is 3.65. The molecule has 0 aliphatic heterocycles. The van der Waals surface area contributed by atoms with E-state index in [1.54, 1.807) is 19.2 Å². The van der Waals surface area contributed by atoms with E-state index in [1.807, 2.05) is 19.9 Å². The third-order valence-corrected chi connectivity index (χ3v) is 2.56. The molecule has 0 saturated heterocycles. The number of hydrogen-bond donors (Lipinski definition) is 1. The van der Waals surface area contributed by atoms with Gasteiger partial charge >= 0.3 is 5.97 Å². The Morgan fingerprint density at radius 3 is 2.44 bits per heavy atom. The largest absolute Gasteiger partial charge is 0.495 e. The predicted molar refractivity (Wildman–Crippen MR) is 72.3 cm³/mol. The van der Waals surface area contributed by atoms with Crippen molar-refractivity contribution >= 4 is 11.7 Å². The summed E-state index contributed by atoms with van der Waals surface area (Å²) in [5.74, 6) is 0.325. The topological polar surface area (TPSA) is 47.6 Å². The van der Waals surface area contributed by atoms with Crippen molar-refractivity contribution in [2.75, 3.05) is 19.5 Å². The van der Waals surface area contributed by atoms with Gasteiger partial charge in [0.15, 0.2) is 0 Å². The number of methoxy groups -OCH3 is 2. The maximum atomic E-state index is 11.3. The molecule has 1 saturated carbocycles. The van der Waals surface area contributed by atoms with Crippen molar-refractivity contribution in [3.8, 4) is 5.75 Å². The molecule has 100 valence electrons. The molecule has 4 nitrogen and oxygen atoms in total. The van der Waals surface area contributed by atoms with Gasteiger partial charge in [-0.15, -0.1) is 0 Å². The van der Waals surface area contributed by atoms with Gasteiger partial charge in [0.05, 0.1) is 25.5 Å². The van der Waals surface area contributed by atoms with Crippen LogP contribution in [0.5, 0.6) is 5.75 Å². The fraction of sp³-hybridized carbons (Fsp3) is 0.500. The molecule has 1 fully saturated rings. The summed E-state index contributed by atoms with van der Waals surface area (Å²) in [5, 5.41) is 3.34. The van der Waals surface area contributed by atoms with Crippen LogP contribution in [0.4, 0.5) is 5.69 Å². The summed E-state index contributed by atoms with van der Waals surface area (Å²) in [6, 6.07) is 5.83. The van der Waals surface area contributed by atoms with Crippen molar-refractivity contribution < 1.29 is 14.3 Å². The zero-order chi connectivity index (χ0) is 13.5. The van der Waals surface area contributed by atoms with Gasteiger partial charge in [-0.25, -0.2) is 4.79 Å². The number of benzene rings is 1. The van der Waals surface area contributed by atoms with Crippen LogP contribution < -0.4 is 10.1 Å². The van der Waals surface area contributed by atoms with Gasteiger partial charge in [-0.1, -0.05) is 13.8 Å². The fourth-order valence-electron chi connectivity index (χ4n) is 1.50. The van der Waals surface area contributed by atoms with Crippen molar-refractivity contribution in [2.45, 2.75) is 32.7 Å². The number of carbonyl (C=O) groups excluding carboxylic acids is 1. The summed E-state index contributed by atoms with van der Waals surface area (Å²) >= 11 is 0. The van der Waals surface area contributed by atoms with Gasteiger partial charge < -0.3 is 14.8 Å². The molecule has 1 aromatic carbocycles. The maximum Gasteiger partial charge on any atom is 0.337 e. The maximum absolute atomic E-state index is 11.3. The molecule has 18 heavy (non-hydrogen) atoms. The lowest BCUT2D eigenvalue weighted by atomic mass is 10.2. The van der Waals surface area contributed by atoms with Crippen LogP contribution in [-0.4, -0.2) is 26.2 Å². The molecule has 2 rings (SSSR count). The molecule has 0 aromatic heterocycles. The van der Waals surface area contributed by atoms with E-state index < -0.39 is 0 Å². The van der Waals surface area contributed by atoms with Gasteiger partial charge in [0.1, 0.15) is 5.75 Å². The van der Waals surface area contributed by atoms with Crippen LogP contribution in [0.1, 0.15) is 37.0 Å². The molecule has 0 unspecified atom stereocenters. The number of anilines is 1. The summed E-state index contributed by atoms with van der Waals surface area (Å²) in [6.45, 7) is 4.00. The molecule has 0 bridgehead atoms. The molecule has 1 aliphatic rings. The third-order valence-electron chi connectivity index (χ3n) is 2.56. The van der Waals surface area contributed by atoms with Crippen LogP contribution in [0.25, 0.3) is 0 Å². The molecule has 1 N–H and O–H groups in total. The van der Waals surface area contributed by atoms with Crippen LogP contribution in [0.15, 0.2) is 18.2 Å². The summed E-state index contributed by atoms with van der Waals surface area (Å²) in [6.07, 6.45) is 2.39. The number of ether oxygens (including phenoxy) is 2. The lowest BCUT2D eigenvalue weighted by molar-refractivity contribution is 0.0600. The Morgan fingerprint density at radius 2 is 1.94 bits per heavy atom. The minimum Gasteiger partial charge on any atom is -0.495 e. The highest BCUT2D eigenvalue weighted by molar-refractivity contribution is 5.90.